The summed E-state index contributed by atoms with van der Waals surface area (Å²) in [7, 11) is 1.62. The lowest BCUT2D eigenvalue weighted by atomic mass is 10.1. The average Bonchev–Trinajstić information content (AvgIpc) is 3.10. The summed E-state index contributed by atoms with van der Waals surface area (Å²) in [6, 6.07) is 6.48. The van der Waals surface area contributed by atoms with Gasteiger partial charge >= 0.3 is 5.69 Å². The molecule has 2 unspecified atom stereocenters. The van der Waals surface area contributed by atoms with Gasteiger partial charge in [-0.2, -0.15) is 4.98 Å². The van der Waals surface area contributed by atoms with Gasteiger partial charge in [0, 0.05) is 24.0 Å². The van der Waals surface area contributed by atoms with Crippen molar-refractivity contribution in [2.75, 3.05) is 0 Å². The van der Waals surface area contributed by atoms with E-state index in [0.29, 0.717) is 28.8 Å². The van der Waals surface area contributed by atoms with Crippen LogP contribution in [-0.4, -0.2) is 24.5 Å². The third kappa shape index (κ3) is 3.32. The molecule has 0 saturated carbocycles. The van der Waals surface area contributed by atoms with Gasteiger partial charge in [0.05, 0.1) is 24.5 Å². The maximum absolute atomic E-state index is 13.1. The van der Waals surface area contributed by atoms with Crippen molar-refractivity contribution in [2.45, 2.75) is 36.7 Å². The molecule has 29 heavy (non-hydrogen) atoms. The number of halogens is 1. The van der Waals surface area contributed by atoms with Crippen LogP contribution >= 0.6 is 11.8 Å². The van der Waals surface area contributed by atoms with Crippen molar-refractivity contribution in [1.82, 2.24) is 19.3 Å². The molecular formula is C19H17FN4O4S. The van der Waals surface area contributed by atoms with Crippen LogP contribution in [0, 0.1) is 5.82 Å². The second-order valence-corrected chi connectivity index (χ2v) is 8.49. The maximum Gasteiger partial charge on any atom is 0.331 e. The first-order chi connectivity index (χ1) is 14.0. The van der Waals surface area contributed by atoms with E-state index in [0.717, 1.165) is 10.1 Å². The van der Waals surface area contributed by atoms with Gasteiger partial charge in [-0.3, -0.25) is 13.9 Å². The summed E-state index contributed by atoms with van der Waals surface area (Å²) in [6.45, 7) is 0.377. The van der Waals surface area contributed by atoms with Gasteiger partial charge in [-0.05, 0) is 17.7 Å². The lowest BCUT2D eigenvalue weighted by molar-refractivity contribution is 0.131. The minimum atomic E-state index is -0.437. The highest BCUT2D eigenvalue weighted by Crippen LogP contribution is 2.55. The molecule has 0 spiro atoms. The van der Waals surface area contributed by atoms with Gasteiger partial charge in [-0.25, -0.2) is 9.18 Å². The normalized spacial score (nSPS) is 20.1. The largest absolute Gasteiger partial charge is 0.370 e. The van der Waals surface area contributed by atoms with Gasteiger partial charge in [0.2, 0.25) is 5.89 Å². The second kappa shape index (κ2) is 6.96. The Balaban J connectivity index is 1.31. The van der Waals surface area contributed by atoms with Crippen molar-refractivity contribution >= 4 is 11.8 Å². The fourth-order valence-electron chi connectivity index (χ4n) is 3.59. The van der Waals surface area contributed by atoms with Crippen LogP contribution in [0.2, 0.25) is 0 Å². The van der Waals surface area contributed by atoms with Crippen molar-refractivity contribution in [1.29, 1.82) is 0 Å². The van der Waals surface area contributed by atoms with E-state index in [1.54, 1.807) is 30.9 Å². The summed E-state index contributed by atoms with van der Waals surface area (Å²) in [5, 5.41) is 4.55. The third-order valence-corrected chi connectivity index (χ3v) is 6.60. The number of hydrogen-bond acceptors (Lipinski definition) is 7. The zero-order valence-corrected chi connectivity index (χ0v) is 16.3. The molecule has 0 N–H and O–H groups in total. The molecule has 2 atom stereocenters. The van der Waals surface area contributed by atoms with Crippen molar-refractivity contribution in [3.05, 3.63) is 79.5 Å². The molecule has 1 aromatic carbocycles. The number of aromatic nitrogens is 4. The summed E-state index contributed by atoms with van der Waals surface area (Å²) < 4.78 is 26.1. The lowest BCUT2D eigenvalue weighted by Crippen LogP contribution is -2.42. The fraction of sp³-hybridized carbons (Fsp3) is 0.368. The molecule has 8 nitrogen and oxygen atoms in total. The van der Waals surface area contributed by atoms with Crippen LogP contribution in [0.15, 0.2) is 38.4 Å². The molecule has 0 bridgehead atoms. The predicted octanol–water partition coefficient (Wildman–Crippen LogP) is 1.55. The van der Waals surface area contributed by atoms with E-state index in [4.69, 9.17) is 9.26 Å². The summed E-state index contributed by atoms with van der Waals surface area (Å²) in [6.07, 6.45) is 0.598. The Morgan fingerprint density at radius 3 is 2.83 bits per heavy atom. The molecule has 4 heterocycles. The van der Waals surface area contributed by atoms with Crippen LogP contribution in [0.1, 0.15) is 33.8 Å². The van der Waals surface area contributed by atoms with Gasteiger partial charge < -0.3 is 9.26 Å². The first-order valence-corrected chi connectivity index (χ1v) is 10.1. The highest BCUT2D eigenvalue weighted by molar-refractivity contribution is 8.07. The van der Waals surface area contributed by atoms with E-state index in [9.17, 15) is 14.0 Å². The van der Waals surface area contributed by atoms with Gasteiger partial charge in [0.25, 0.3) is 5.56 Å². The molecule has 1 saturated heterocycles. The minimum Gasteiger partial charge on any atom is -0.370 e. The number of benzene rings is 1. The molecule has 0 amide bonds. The highest BCUT2D eigenvalue weighted by atomic mass is 32.2. The Kier molecular flexibility index (Phi) is 4.39. The van der Waals surface area contributed by atoms with Crippen molar-refractivity contribution < 1.29 is 13.7 Å². The number of nitrogens with zero attached hydrogens (tertiary/aromatic N) is 4. The SMILES string of the molecule is Cn1c2c(c(=O)n(Cc3nc(CC4SC4c4ccc(F)cc4)no3)c1=O)COC2. The van der Waals surface area contributed by atoms with Crippen LogP contribution in [0.25, 0.3) is 0 Å². The molecular weight excluding hydrogens is 399 g/mol. The van der Waals surface area contributed by atoms with E-state index in [1.807, 2.05) is 0 Å². The van der Waals surface area contributed by atoms with Crippen LogP contribution in [0.4, 0.5) is 4.39 Å². The molecule has 10 heteroatoms. The maximum atomic E-state index is 13.1. The Hall–Kier alpha value is -2.72. The summed E-state index contributed by atoms with van der Waals surface area (Å²) >= 11 is 1.76. The topological polar surface area (TPSA) is 92.1 Å². The van der Waals surface area contributed by atoms with E-state index >= 15 is 0 Å². The number of ether oxygens (including phenoxy) is 1. The monoisotopic (exact) mass is 416 g/mol. The molecule has 2 aliphatic rings. The zero-order valence-electron chi connectivity index (χ0n) is 15.5. The molecule has 0 aliphatic carbocycles. The third-order valence-electron chi connectivity index (χ3n) is 5.23. The highest BCUT2D eigenvalue weighted by Gasteiger charge is 2.40. The predicted molar refractivity (Wildman–Crippen MR) is 102 cm³/mol. The molecule has 5 rings (SSSR count). The van der Waals surface area contributed by atoms with Gasteiger partial charge in [0.1, 0.15) is 12.4 Å². The first kappa shape index (κ1) is 18.3. The molecule has 0 radical (unpaired) electrons. The Bertz CT molecular complexity index is 1200. The van der Waals surface area contributed by atoms with Gasteiger partial charge in [-0.1, -0.05) is 17.3 Å². The average molecular weight is 416 g/mol. The molecule has 2 aliphatic heterocycles. The Morgan fingerprint density at radius 1 is 1.24 bits per heavy atom. The smallest absolute Gasteiger partial charge is 0.331 e. The van der Waals surface area contributed by atoms with Gasteiger partial charge in [-0.15, -0.1) is 11.8 Å². The standard InChI is InChI=1S/C19H17FN4O4S/c1-23-13-9-27-8-12(13)18(25)24(19(23)26)7-16-21-15(22-28-16)6-14-17(29-14)10-2-4-11(20)5-3-10/h2-5,14,17H,6-9H2,1H3. The first-order valence-electron chi connectivity index (χ1n) is 9.13. The van der Waals surface area contributed by atoms with Crippen molar-refractivity contribution in [3.63, 3.8) is 0 Å². The molecule has 150 valence electrons. The van der Waals surface area contributed by atoms with Crippen LogP contribution in [-0.2, 0) is 38.0 Å². The fourth-order valence-corrected chi connectivity index (χ4v) is 4.69. The molecule has 3 aromatic rings. The lowest BCUT2D eigenvalue weighted by Gasteiger charge is -2.09. The number of hydrogen-bond donors (Lipinski definition) is 0. The Labute approximate surface area is 168 Å². The van der Waals surface area contributed by atoms with Gasteiger partial charge in [0.15, 0.2) is 5.82 Å². The van der Waals surface area contributed by atoms with Crippen molar-refractivity contribution in [2.24, 2.45) is 7.05 Å². The van der Waals surface area contributed by atoms with Crippen molar-refractivity contribution in [3.8, 4) is 0 Å². The second-order valence-electron chi connectivity index (χ2n) is 7.11. The van der Waals surface area contributed by atoms with E-state index in [2.05, 4.69) is 10.1 Å². The van der Waals surface area contributed by atoms with E-state index < -0.39 is 5.69 Å². The minimum absolute atomic E-state index is 0.0784. The quantitative estimate of drug-likeness (QED) is 0.583. The number of rotatable bonds is 5. The number of fused-ring (bicyclic) bond motifs is 1. The Morgan fingerprint density at radius 2 is 2.03 bits per heavy atom. The summed E-state index contributed by atoms with van der Waals surface area (Å²) in [5.74, 6) is 0.483. The van der Waals surface area contributed by atoms with Crippen LogP contribution < -0.4 is 11.2 Å². The molecule has 2 aromatic heterocycles. The zero-order chi connectivity index (χ0) is 20.1. The van der Waals surface area contributed by atoms with E-state index in [1.165, 1.54) is 16.7 Å². The number of thioether (sulfide) groups is 1. The summed E-state index contributed by atoms with van der Waals surface area (Å²) in [4.78, 5) is 29.5. The van der Waals surface area contributed by atoms with Crippen LogP contribution in [0.3, 0.4) is 0 Å². The molecule has 1 fully saturated rings. The van der Waals surface area contributed by atoms with E-state index in [-0.39, 0.29) is 42.3 Å². The summed E-state index contributed by atoms with van der Waals surface area (Å²) in [5.41, 5.74) is 1.35. The van der Waals surface area contributed by atoms with Crippen LogP contribution in [0.5, 0.6) is 0 Å².